The zero-order chi connectivity index (χ0) is 10.7. The molecule has 4 aliphatic rings. The normalized spacial score (nSPS) is 51.4. The van der Waals surface area contributed by atoms with Crippen LogP contribution >= 0.6 is 0 Å². The molecule has 0 aromatic rings. The van der Waals surface area contributed by atoms with E-state index >= 15 is 0 Å². The number of allylic oxidation sites excluding steroid dienone is 2. The SMILES string of the molecule is C[C@H]1CC23C=CC(CC2)CC3S(=O)(=O)O1. The lowest BCUT2D eigenvalue weighted by atomic mass is 9.63. The summed E-state index contributed by atoms with van der Waals surface area (Å²) in [5.41, 5.74) is -0.106. The molecule has 0 amide bonds. The van der Waals surface area contributed by atoms with Crippen molar-refractivity contribution in [3.05, 3.63) is 12.2 Å². The first-order valence-electron chi connectivity index (χ1n) is 5.63. The summed E-state index contributed by atoms with van der Waals surface area (Å²) >= 11 is 0. The molecule has 2 fully saturated rings. The Hall–Kier alpha value is -0.350. The molecule has 0 N–H and O–H groups in total. The van der Waals surface area contributed by atoms with Crippen molar-refractivity contribution < 1.29 is 12.6 Å². The molecule has 1 saturated heterocycles. The van der Waals surface area contributed by atoms with Crippen LogP contribution in [0.25, 0.3) is 0 Å². The molecule has 1 spiro atoms. The van der Waals surface area contributed by atoms with Crippen LogP contribution in [0.1, 0.15) is 32.6 Å². The van der Waals surface area contributed by atoms with E-state index in [1.54, 1.807) is 0 Å². The Kier molecular flexibility index (Phi) is 1.88. The van der Waals surface area contributed by atoms with Gasteiger partial charge in [-0.1, -0.05) is 12.2 Å². The predicted octanol–water partition coefficient (Wildman–Crippen LogP) is 1.85. The molecule has 1 aliphatic heterocycles. The summed E-state index contributed by atoms with van der Waals surface area (Å²) in [4.78, 5) is 0. The summed E-state index contributed by atoms with van der Waals surface area (Å²) in [7, 11) is -3.32. The maximum atomic E-state index is 12.0. The Balaban J connectivity index is 2.09. The first kappa shape index (κ1) is 9.85. The second kappa shape index (κ2) is 2.86. The van der Waals surface area contributed by atoms with Crippen molar-refractivity contribution in [3.8, 4) is 0 Å². The van der Waals surface area contributed by atoms with E-state index in [1.165, 1.54) is 0 Å². The highest BCUT2D eigenvalue weighted by molar-refractivity contribution is 7.87. The van der Waals surface area contributed by atoms with Gasteiger partial charge in [0.25, 0.3) is 10.1 Å². The quantitative estimate of drug-likeness (QED) is 0.469. The van der Waals surface area contributed by atoms with Crippen LogP contribution in [0.4, 0.5) is 0 Å². The average Bonchev–Trinajstić information content (AvgIpc) is 2.16. The monoisotopic (exact) mass is 228 g/mol. The molecule has 3 aliphatic carbocycles. The first-order valence-corrected chi connectivity index (χ1v) is 7.10. The van der Waals surface area contributed by atoms with E-state index in [0.717, 1.165) is 25.7 Å². The van der Waals surface area contributed by atoms with Gasteiger partial charge in [0.1, 0.15) is 0 Å². The fraction of sp³-hybridized carbons (Fsp3) is 0.818. The highest BCUT2D eigenvalue weighted by Gasteiger charge is 2.55. The zero-order valence-electron chi connectivity index (χ0n) is 8.85. The van der Waals surface area contributed by atoms with Gasteiger partial charge in [0.05, 0.1) is 11.4 Å². The summed E-state index contributed by atoms with van der Waals surface area (Å²) in [5.74, 6) is 0.462. The summed E-state index contributed by atoms with van der Waals surface area (Å²) < 4.78 is 29.0. The standard InChI is InChI=1S/C11H16O3S/c1-8-7-11-4-2-9(3-5-11)6-10(11)15(12,13)14-8/h2,4,8-10H,3,5-7H2,1H3/t8-,9?,10?,11?/m0/s1. The molecule has 0 radical (unpaired) electrons. The van der Waals surface area contributed by atoms with Gasteiger partial charge in [-0.3, -0.25) is 4.18 Å². The molecule has 0 aromatic heterocycles. The second-order valence-corrected chi connectivity index (χ2v) is 6.97. The van der Waals surface area contributed by atoms with Gasteiger partial charge >= 0.3 is 0 Å². The van der Waals surface area contributed by atoms with Crippen LogP contribution in [-0.4, -0.2) is 19.8 Å². The lowest BCUT2D eigenvalue weighted by Crippen LogP contribution is -2.53. The van der Waals surface area contributed by atoms with Gasteiger partial charge < -0.3 is 0 Å². The molecule has 15 heavy (non-hydrogen) atoms. The van der Waals surface area contributed by atoms with Crippen molar-refractivity contribution >= 4 is 10.1 Å². The van der Waals surface area contributed by atoms with Gasteiger partial charge in [0, 0.05) is 5.41 Å². The fourth-order valence-corrected chi connectivity index (χ4v) is 5.52. The summed E-state index contributed by atoms with van der Waals surface area (Å²) in [6, 6.07) is 0. The van der Waals surface area contributed by atoms with Crippen LogP contribution in [0.2, 0.25) is 0 Å². The van der Waals surface area contributed by atoms with E-state index in [-0.39, 0.29) is 16.8 Å². The van der Waals surface area contributed by atoms with E-state index in [0.29, 0.717) is 5.92 Å². The Morgan fingerprint density at radius 2 is 2.27 bits per heavy atom. The molecule has 2 bridgehead atoms. The third kappa shape index (κ3) is 1.31. The second-order valence-electron chi connectivity index (χ2n) is 5.22. The van der Waals surface area contributed by atoms with Gasteiger partial charge in [-0.2, -0.15) is 8.42 Å². The zero-order valence-corrected chi connectivity index (χ0v) is 9.66. The van der Waals surface area contributed by atoms with Crippen molar-refractivity contribution in [1.29, 1.82) is 0 Å². The maximum Gasteiger partial charge on any atom is 0.271 e. The molecule has 0 aromatic carbocycles. The largest absolute Gasteiger partial charge is 0.271 e. The van der Waals surface area contributed by atoms with E-state index in [2.05, 4.69) is 12.2 Å². The van der Waals surface area contributed by atoms with E-state index in [1.807, 2.05) is 6.92 Å². The Morgan fingerprint density at radius 3 is 2.93 bits per heavy atom. The van der Waals surface area contributed by atoms with Gasteiger partial charge in [-0.15, -0.1) is 0 Å². The topological polar surface area (TPSA) is 43.4 Å². The van der Waals surface area contributed by atoms with Gasteiger partial charge in [-0.05, 0) is 38.5 Å². The minimum atomic E-state index is -3.32. The molecular formula is C11H16O3S. The summed E-state index contributed by atoms with van der Waals surface area (Å²) in [6.45, 7) is 1.86. The maximum absolute atomic E-state index is 12.0. The van der Waals surface area contributed by atoms with E-state index < -0.39 is 10.1 Å². The average molecular weight is 228 g/mol. The smallest absolute Gasteiger partial charge is 0.267 e. The van der Waals surface area contributed by atoms with Crippen LogP contribution in [0.15, 0.2) is 12.2 Å². The highest BCUT2D eigenvalue weighted by atomic mass is 32.2. The van der Waals surface area contributed by atoms with Crippen LogP contribution in [0.5, 0.6) is 0 Å². The summed E-state index contributed by atoms with van der Waals surface area (Å²) in [5, 5.41) is -0.273. The van der Waals surface area contributed by atoms with Gasteiger partial charge in [0.15, 0.2) is 0 Å². The highest BCUT2D eigenvalue weighted by Crippen LogP contribution is 2.54. The molecule has 84 valence electrons. The van der Waals surface area contributed by atoms with Crippen molar-refractivity contribution in [2.45, 2.75) is 44.0 Å². The van der Waals surface area contributed by atoms with Gasteiger partial charge in [0.2, 0.25) is 0 Å². The molecule has 4 atom stereocenters. The molecule has 4 heteroatoms. The molecule has 3 unspecified atom stereocenters. The number of rotatable bonds is 0. The first-order chi connectivity index (χ1) is 7.02. The summed E-state index contributed by atoms with van der Waals surface area (Å²) in [6.07, 6.45) is 8.01. The molecule has 1 saturated carbocycles. The molecular weight excluding hydrogens is 212 g/mol. The molecule has 3 nitrogen and oxygen atoms in total. The van der Waals surface area contributed by atoms with Crippen molar-refractivity contribution in [2.75, 3.05) is 0 Å². The number of hydrogen-bond acceptors (Lipinski definition) is 3. The Labute approximate surface area is 90.6 Å². The van der Waals surface area contributed by atoms with E-state index in [9.17, 15) is 8.42 Å². The predicted molar refractivity (Wildman–Crippen MR) is 56.8 cm³/mol. The fourth-order valence-electron chi connectivity index (χ4n) is 3.51. The van der Waals surface area contributed by atoms with Crippen molar-refractivity contribution in [1.82, 2.24) is 0 Å². The van der Waals surface area contributed by atoms with Crippen LogP contribution in [-0.2, 0) is 14.3 Å². The minimum Gasteiger partial charge on any atom is -0.267 e. The Bertz CT molecular complexity index is 412. The number of hydrogen-bond donors (Lipinski definition) is 0. The number of fused-ring (bicyclic) bond motifs is 1. The van der Waals surface area contributed by atoms with Crippen molar-refractivity contribution in [3.63, 3.8) is 0 Å². The van der Waals surface area contributed by atoms with Crippen molar-refractivity contribution in [2.24, 2.45) is 11.3 Å². The van der Waals surface area contributed by atoms with Crippen LogP contribution in [0.3, 0.4) is 0 Å². The van der Waals surface area contributed by atoms with Crippen LogP contribution in [0, 0.1) is 11.3 Å². The Morgan fingerprint density at radius 1 is 1.47 bits per heavy atom. The molecule has 1 heterocycles. The minimum absolute atomic E-state index is 0.106. The third-order valence-corrected chi connectivity index (χ3v) is 6.11. The van der Waals surface area contributed by atoms with Gasteiger partial charge in [-0.25, -0.2) is 0 Å². The molecule has 4 rings (SSSR count). The lowest BCUT2D eigenvalue weighted by Gasteiger charge is -2.51. The lowest BCUT2D eigenvalue weighted by molar-refractivity contribution is 0.0761. The van der Waals surface area contributed by atoms with Crippen LogP contribution < -0.4 is 0 Å². The third-order valence-electron chi connectivity index (χ3n) is 4.15. The van der Waals surface area contributed by atoms with E-state index in [4.69, 9.17) is 4.18 Å².